The van der Waals surface area contributed by atoms with Gasteiger partial charge in [-0.05, 0) is 30.9 Å². The second-order valence-electron chi connectivity index (χ2n) is 3.18. The third-order valence-electron chi connectivity index (χ3n) is 2.33. The fraction of sp³-hybridized carbons (Fsp3) is 0.600. The molecule has 1 fully saturated rings. The second kappa shape index (κ2) is 12.1. The highest BCUT2D eigenvalue weighted by atomic mass is 14.9. The van der Waals surface area contributed by atoms with E-state index in [4.69, 9.17) is 0 Å². The standard InChI is InChI=1S/C11H17N.2C2H6/c1-4-6-11-10(5-2)9(3)7-8-12-11;2*1-2/h4-6,9,12H,1,7-8H2,2-3H3;2*1-2H3/b10-5-,11-6+;;. The Hall–Kier alpha value is -0.980. The summed E-state index contributed by atoms with van der Waals surface area (Å²) in [6, 6.07) is 0. The van der Waals surface area contributed by atoms with Gasteiger partial charge in [0.25, 0.3) is 0 Å². The summed E-state index contributed by atoms with van der Waals surface area (Å²) in [7, 11) is 0. The number of piperidine rings is 1. The SMILES string of the molecule is C=C/C=C1/NCCC(C)/C1=C/C.CC.CC. The van der Waals surface area contributed by atoms with E-state index in [2.05, 4.69) is 31.8 Å². The van der Waals surface area contributed by atoms with Gasteiger partial charge in [0.15, 0.2) is 0 Å². The fourth-order valence-electron chi connectivity index (χ4n) is 1.66. The van der Waals surface area contributed by atoms with Gasteiger partial charge < -0.3 is 5.32 Å². The zero-order valence-electron chi connectivity index (χ0n) is 11.9. The van der Waals surface area contributed by atoms with Crippen LogP contribution in [-0.4, -0.2) is 6.54 Å². The molecule has 0 bridgehead atoms. The van der Waals surface area contributed by atoms with Gasteiger partial charge in [0, 0.05) is 12.2 Å². The van der Waals surface area contributed by atoms with E-state index >= 15 is 0 Å². The number of hydrogen-bond acceptors (Lipinski definition) is 1. The average molecular weight is 223 g/mol. The van der Waals surface area contributed by atoms with Crippen LogP contribution >= 0.6 is 0 Å². The fourth-order valence-corrected chi connectivity index (χ4v) is 1.66. The summed E-state index contributed by atoms with van der Waals surface area (Å²) in [5.74, 6) is 0.683. The molecule has 1 aliphatic rings. The van der Waals surface area contributed by atoms with Gasteiger partial charge in [-0.15, -0.1) is 0 Å². The van der Waals surface area contributed by atoms with Crippen molar-refractivity contribution in [3.8, 4) is 0 Å². The van der Waals surface area contributed by atoms with Gasteiger partial charge in [-0.1, -0.05) is 53.3 Å². The monoisotopic (exact) mass is 223 g/mol. The van der Waals surface area contributed by atoms with Crippen LogP contribution in [0.5, 0.6) is 0 Å². The molecule has 94 valence electrons. The summed E-state index contributed by atoms with van der Waals surface area (Å²) in [6.07, 6.45) is 7.30. The molecule has 1 nitrogen and oxygen atoms in total. The molecule has 0 radical (unpaired) electrons. The van der Waals surface area contributed by atoms with Gasteiger partial charge in [0.05, 0.1) is 0 Å². The van der Waals surface area contributed by atoms with Gasteiger partial charge in [-0.2, -0.15) is 0 Å². The van der Waals surface area contributed by atoms with Crippen LogP contribution in [0.2, 0.25) is 0 Å². The Morgan fingerprint density at radius 1 is 1.25 bits per heavy atom. The minimum atomic E-state index is 0.683. The highest BCUT2D eigenvalue weighted by molar-refractivity contribution is 5.35. The van der Waals surface area contributed by atoms with Crippen molar-refractivity contribution in [2.45, 2.75) is 48.0 Å². The van der Waals surface area contributed by atoms with Crippen LogP contribution in [0.3, 0.4) is 0 Å². The molecule has 0 aliphatic carbocycles. The van der Waals surface area contributed by atoms with E-state index in [0.29, 0.717) is 5.92 Å². The van der Waals surface area contributed by atoms with Crippen molar-refractivity contribution in [3.63, 3.8) is 0 Å². The van der Waals surface area contributed by atoms with Crippen molar-refractivity contribution in [2.24, 2.45) is 5.92 Å². The van der Waals surface area contributed by atoms with Crippen LogP contribution in [0, 0.1) is 5.92 Å². The van der Waals surface area contributed by atoms with Gasteiger partial charge in [-0.3, -0.25) is 0 Å². The minimum Gasteiger partial charge on any atom is -0.385 e. The lowest BCUT2D eigenvalue weighted by Crippen LogP contribution is -2.26. The molecule has 1 heteroatoms. The Labute approximate surface area is 102 Å². The van der Waals surface area contributed by atoms with E-state index in [1.54, 1.807) is 0 Å². The second-order valence-corrected chi connectivity index (χ2v) is 3.18. The molecule has 1 heterocycles. The summed E-state index contributed by atoms with van der Waals surface area (Å²) in [5.41, 5.74) is 2.66. The highest BCUT2D eigenvalue weighted by Gasteiger charge is 2.16. The first-order valence-electron chi connectivity index (χ1n) is 6.52. The molecule has 0 aromatic rings. The van der Waals surface area contributed by atoms with Crippen LogP contribution in [-0.2, 0) is 0 Å². The molecule has 0 amide bonds. The molecule has 1 unspecified atom stereocenters. The molecule has 0 aromatic carbocycles. The molecule has 1 rings (SSSR count). The van der Waals surface area contributed by atoms with Crippen molar-refractivity contribution in [1.82, 2.24) is 5.32 Å². The van der Waals surface area contributed by atoms with E-state index in [9.17, 15) is 0 Å². The summed E-state index contributed by atoms with van der Waals surface area (Å²) in [4.78, 5) is 0. The quantitative estimate of drug-likeness (QED) is 0.680. The van der Waals surface area contributed by atoms with Crippen molar-refractivity contribution < 1.29 is 0 Å². The number of hydrogen-bond donors (Lipinski definition) is 1. The largest absolute Gasteiger partial charge is 0.385 e. The number of allylic oxidation sites excluding steroid dienone is 4. The van der Waals surface area contributed by atoms with E-state index in [0.717, 1.165) is 6.54 Å². The van der Waals surface area contributed by atoms with Gasteiger partial charge in [0.1, 0.15) is 0 Å². The van der Waals surface area contributed by atoms with Crippen LogP contribution in [0.4, 0.5) is 0 Å². The maximum Gasteiger partial charge on any atom is 0.0371 e. The molecule has 1 saturated heterocycles. The maximum absolute atomic E-state index is 3.70. The van der Waals surface area contributed by atoms with E-state index in [1.807, 2.05) is 39.8 Å². The normalized spacial score (nSPS) is 23.5. The predicted octanol–water partition coefficient (Wildman–Crippen LogP) is 4.68. The Morgan fingerprint density at radius 3 is 2.25 bits per heavy atom. The zero-order valence-corrected chi connectivity index (χ0v) is 11.9. The highest BCUT2D eigenvalue weighted by Crippen LogP contribution is 2.24. The summed E-state index contributed by atoms with van der Waals surface area (Å²) in [5, 5.41) is 3.37. The molecule has 1 aliphatic heterocycles. The third-order valence-corrected chi connectivity index (χ3v) is 2.33. The number of rotatable bonds is 1. The minimum absolute atomic E-state index is 0.683. The molecule has 16 heavy (non-hydrogen) atoms. The predicted molar refractivity (Wildman–Crippen MR) is 76.5 cm³/mol. The smallest absolute Gasteiger partial charge is 0.0371 e. The van der Waals surface area contributed by atoms with Gasteiger partial charge >= 0.3 is 0 Å². The molecule has 0 spiro atoms. The topological polar surface area (TPSA) is 12.0 Å². The third kappa shape index (κ3) is 5.79. The van der Waals surface area contributed by atoms with Crippen LogP contribution in [0.25, 0.3) is 0 Å². The van der Waals surface area contributed by atoms with Crippen LogP contribution in [0.1, 0.15) is 48.0 Å². The Kier molecular flexibility index (Phi) is 13.2. The summed E-state index contributed by atoms with van der Waals surface area (Å²) >= 11 is 0. The van der Waals surface area contributed by atoms with Crippen LogP contribution in [0.15, 0.2) is 36.1 Å². The van der Waals surface area contributed by atoms with E-state index < -0.39 is 0 Å². The lowest BCUT2D eigenvalue weighted by Gasteiger charge is -2.26. The van der Waals surface area contributed by atoms with Gasteiger partial charge in [-0.25, -0.2) is 0 Å². The van der Waals surface area contributed by atoms with E-state index in [1.165, 1.54) is 17.7 Å². The summed E-state index contributed by atoms with van der Waals surface area (Å²) in [6.45, 7) is 17.2. The van der Waals surface area contributed by atoms with Crippen LogP contribution < -0.4 is 5.32 Å². The first-order chi connectivity index (χ1) is 7.79. The Bertz CT molecular complexity index is 224. The van der Waals surface area contributed by atoms with Crippen molar-refractivity contribution in [3.05, 3.63) is 36.1 Å². The number of nitrogens with one attached hydrogen (secondary N) is 1. The summed E-state index contributed by atoms with van der Waals surface area (Å²) < 4.78 is 0. The van der Waals surface area contributed by atoms with Crippen molar-refractivity contribution >= 4 is 0 Å². The maximum atomic E-state index is 3.70. The zero-order chi connectivity index (χ0) is 13.0. The molecule has 1 N–H and O–H groups in total. The Balaban J connectivity index is 0. The molecule has 1 atom stereocenters. The Morgan fingerprint density at radius 2 is 1.81 bits per heavy atom. The lowest BCUT2D eigenvalue weighted by molar-refractivity contribution is 0.538. The van der Waals surface area contributed by atoms with E-state index in [-0.39, 0.29) is 0 Å². The molecule has 0 aromatic heterocycles. The van der Waals surface area contributed by atoms with Crippen molar-refractivity contribution in [2.75, 3.05) is 6.54 Å². The lowest BCUT2D eigenvalue weighted by atomic mass is 9.91. The van der Waals surface area contributed by atoms with Gasteiger partial charge in [0.2, 0.25) is 0 Å². The first kappa shape index (κ1) is 17.4. The molecular formula is C15H29N. The first-order valence-corrected chi connectivity index (χ1v) is 6.52. The average Bonchev–Trinajstić information content (AvgIpc) is 2.35. The molecular weight excluding hydrogens is 194 g/mol. The molecule has 0 saturated carbocycles. The van der Waals surface area contributed by atoms with Crippen molar-refractivity contribution in [1.29, 1.82) is 0 Å².